The molecule has 6 unspecified atom stereocenters. The highest BCUT2D eigenvalue weighted by Crippen LogP contribution is 2.46. The fraction of sp³-hybridized carbons (Fsp3) is 0.800. The predicted molar refractivity (Wildman–Crippen MR) is 73.1 cm³/mol. The van der Waals surface area contributed by atoms with Crippen molar-refractivity contribution in [2.75, 3.05) is 6.61 Å². The summed E-state index contributed by atoms with van der Waals surface area (Å²) in [7, 11) is 0. The molecule has 0 aromatic carbocycles. The van der Waals surface area contributed by atoms with Crippen molar-refractivity contribution in [2.45, 2.75) is 57.1 Å². The maximum absolute atomic E-state index is 12.0. The van der Waals surface area contributed by atoms with Gasteiger partial charge in [-0.25, -0.2) is 4.79 Å². The van der Waals surface area contributed by atoms with E-state index in [1.165, 1.54) is 0 Å². The van der Waals surface area contributed by atoms with Crippen LogP contribution in [-0.4, -0.2) is 37.2 Å². The molecule has 2 saturated heterocycles. The van der Waals surface area contributed by atoms with Crippen molar-refractivity contribution in [3.63, 3.8) is 0 Å². The van der Waals surface area contributed by atoms with E-state index in [1.807, 2.05) is 13.0 Å². The minimum atomic E-state index is -0.346. The number of alkyl carbamates (subject to hydrolysis) is 1. The summed E-state index contributed by atoms with van der Waals surface area (Å²) in [5.74, 6) is 0.772. The smallest absolute Gasteiger partial charge is 0.407 e. The molecule has 1 aliphatic carbocycles. The van der Waals surface area contributed by atoms with Gasteiger partial charge >= 0.3 is 6.09 Å². The Morgan fingerprint density at radius 3 is 3.10 bits per heavy atom. The van der Waals surface area contributed by atoms with E-state index in [1.54, 1.807) is 0 Å². The van der Waals surface area contributed by atoms with Crippen LogP contribution in [0.1, 0.15) is 32.6 Å². The highest BCUT2D eigenvalue weighted by Gasteiger charge is 2.53. The van der Waals surface area contributed by atoms with Crippen molar-refractivity contribution in [2.24, 2.45) is 11.8 Å². The molecule has 2 aliphatic heterocycles. The van der Waals surface area contributed by atoms with Gasteiger partial charge in [0.15, 0.2) is 6.29 Å². The van der Waals surface area contributed by atoms with E-state index in [4.69, 9.17) is 14.2 Å². The summed E-state index contributed by atoms with van der Waals surface area (Å²) < 4.78 is 17.1. The second kappa shape index (κ2) is 5.74. The summed E-state index contributed by atoms with van der Waals surface area (Å²) in [5, 5.41) is 2.90. The van der Waals surface area contributed by atoms with Gasteiger partial charge in [0, 0.05) is 17.9 Å². The van der Waals surface area contributed by atoms with Crippen LogP contribution in [0.15, 0.2) is 12.7 Å². The molecule has 0 aromatic heterocycles. The molecule has 0 spiro atoms. The number of carbonyl (C=O) groups excluding carboxylic acids is 1. The molecule has 20 heavy (non-hydrogen) atoms. The van der Waals surface area contributed by atoms with Gasteiger partial charge in [0.1, 0.15) is 6.10 Å². The summed E-state index contributed by atoms with van der Waals surface area (Å²) >= 11 is 0. The van der Waals surface area contributed by atoms with Gasteiger partial charge in [-0.3, -0.25) is 0 Å². The van der Waals surface area contributed by atoms with Gasteiger partial charge in [0.25, 0.3) is 0 Å². The Balaban J connectivity index is 1.57. The van der Waals surface area contributed by atoms with Crippen LogP contribution in [0.25, 0.3) is 0 Å². The molecule has 3 rings (SSSR count). The van der Waals surface area contributed by atoms with Crippen molar-refractivity contribution in [3.05, 3.63) is 12.7 Å². The van der Waals surface area contributed by atoms with Crippen LogP contribution in [0.2, 0.25) is 0 Å². The fourth-order valence-corrected chi connectivity index (χ4v) is 3.58. The first-order chi connectivity index (χ1) is 9.71. The molecule has 1 N–H and O–H groups in total. The van der Waals surface area contributed by atoms with Gasteiger partial charge in [-0.2, -0.15) is 0 Å². The summed E-state index contributed by atoms with van der Waals surface area (Å²) in [6.07, 6.45) is 4.85. The lowest BCUT2D eigenvalue weighted by Gasteiger charge is -2.36. The van der Waals surface area contributed by atoms with Crippen LogP contribution in [-0.2, 0) is 14.2 Å². The molecule has 1 amide bonds. The van der Waals surface area contributed by atoms with Crippen molar-refractivity contribution in [1.29, 1.82) is 0 Å². The lowest BCUT2D eigenvalue weighted by molar-refractivity contribution is -0.153. The number of hydrogen-bond donors (Lipinski definition) is 1. The number of hydrogen-bond acceptors (Lipinski definition) is 4. The molecule has 6 atom stereocenters. The lowest BCUT2D eigenvalue weighted by Crippen LogP contribution is -2.46. The van der Waals surface area contributed by atoms with Crippen LogP contribution >= 0.6 is 0 Å². The van der Waals surface area contributed by atoms with E-state index in [2.05, 4.69) is 11.9 Å². The van der Waals surface area contributed by atoms with Gasteiger partial charge in [-0.1, -0.05) is 13.0 Å². The first kappa shape index (κ1) is 13.9. The Hall–Kier alpha value is -1.07. The number of amides is 1. The zero-order valence-corrected chi connectivity index (χ0v) is 11.9. The fourth-order valence-electron chi connectivity index (χ4n) is 3.58. The lowest BCUT2D eigenvalue weighted by atomic mass is 9.78. The Bertz CT molecular complexity index is 378. The van der Waals surface area contributed by atoms with Gasteiger partial charge in [-0.05, 0) is 25.7 Å². The molecular formula is C15H23NO4. The molecule has 0 aromatic rings. The van der Waals surface area contributed by atoms with Crippen LogP contribution in [0, 0.1) is 11.8 Å². The van der Waals surface area contributed by atoms with Crippen molar-refractivity contribution < 1.29 is 19.0 Å². The third kappa shape index (κ3) is 2.56. The van der Waals surface area contributed by atoms with Gasteiger partial charge in [-0.15, -0.1) is 6.58 Å². The largest absolute Gasteiger partial charge is 0.443 e. The summed E-state index contributed by atoms with van der Waals surface area (Å²) in [4.78, 5) is 12.0. The first-order valence-corrected chi connectivity index (χ1v) is 7.56. The van der Waals surface area contributed by atoms with Crippen LogP contribution in [0.4, 0.5) is 4.79 Å². The molecule has 2 heterocycles. The third-order valence-corrected chi connectivity index (χ3v) is 4.65. The van der Waals surface area contributed by atoms with Crippen molar-refractivity contribution in [1.82, 2.24) is 5.32 Å². The average Bonchev–Trinajstić information content (AvgIpc) is 2.74. The molecule has 3 bridgehead atoms. The quantitative estimate of drug-likeness (QED) is 0.785. The van der Waals surface area contributed by atoms with Crippen molar-refractivity contribution in [3.8, 4) is 0 Å². The molecule has 0 radical (unpaired) electrons. The number of nitrogens with one attached hydrogen (secondary N) is 1. The predicted octanol–water partition coefficient (Wildman–Crippen LogP) is 2.22. The Labute approximate surface area is 119 Å². The molecule has 112 valence electrons. The third-order valence-electron chi connectivity index (χ3n) is 4.65. The maximum atomic E-state index is 12.0. The number of carbonyl (C=O) groups is 1. The van der Waals surface area contributed by atoms with Gasteiger partial charge < -0.3 is 19.5 Å². The maximum Gasteiger partial charge on any atom is 0.407 e. The Morgan fingerprint density at radius 2 is 2.35 bits per heavy atom. The van der Waals surface area contributed by atoms with E-state index >= 15 is 0 Å². The summed E-state index contributed by atoms with van der Waals surface area (Å²) in [6.45, 7) is 6.38. The molecule has 3 aliphatic rings. The van der Waals surface area contributed by atoms with E-state index in [0.717, 1.165) is 25.7 Å². The normalized spacial score (nSPS) is 39.4. The number of rotatable bonds is 5. The molecular weight excluding hydrogens is 258 g/mol. The molecule has 3 fully saturated rings. The minimum absolute atomic E-state index is 0.0106. The monoisotopic (exact) mass is 281 g/mol. The summed E-state index contributed by atoms with van der Waals surface area (Å²) in [5.41, 5.74) is 0. The zero-order valence-electron chi connectivity index (χ0n) is 11.9. The second-order valence-corrected chi connectivity index (χ2v) is 6.01. The van der Waals surface area contributed by atoms with Gasteiger partial charge in [0.05, 0.1) is 12.7 Å². The van der Waals surface area contributed by atoms with E-state index < -0.39 is 0 Å². The molecule has 5 nitrogen and oxygen atoms in total. The van der Waals surface area contributed by atoms with E-state index in [-0.39, 0.29) is 36.6 Å². The standard InChI is InChI=1S/C15H23NO4/c1-3-5-11(4-2)16-15(17)20-13-10-6-9-7-12(13)19-14(9)18-8-10/h3,9-14H,1,4-8H2,2H3,(H,16,17). The second-order valence-electron chi connectivity index (χ2n) is 6.01. The van der Waals surface area contributed by atoms with E-state index in [9.17, 15) is 4.79 Å². The average molecular weight is 281 g/mol. The topological polar surface area (TPSA) is 56.8 Å². The Morgan fingerprint density at radius 1 is 1.50 bits per heavy atom. The van der Waals surface area contributed by atoms with Crippen LogP contribution in [0.3, 0.4) is 0 Å². The van der Waals surface area contributed by atoms with E-state index in [0.29, 0.717) is 12.5 Å². The summed E-state index contributed by atoms with van der Waals surface area (Å²) in [6, 6.07) is 0.0911. The molecule has 5 heteroatoms. The first-order valence-electron chi connectivity index (χ1n) is 7.56. The molecule has 1 saturated carbocycles. The zero-order chi connectivity index (χ0) is 14.1. The number of fused-ring (bicyclic) bond motifs is 2. The van der Waals surface area contributed by atoms with Gasteiger partial charge in [0.2, 0.25) is 0 Å². The van der Waals surface area contributed by atoms with Crippen LogP contribution < -0.4 is 5.32 Å². The number of ether oxygens (including phenoxy) is 3. The van der Waals surface area contributed by atoms with Crippen molar-refractivity contribution >= 4 is 6.09 Å². The highest BCUT2D eigenvalue weighted by atomic mass is 16.7. The highest BCUT2D eigenvalue weighted by molar-refractivity contribution is 5.68. The Kier molecular flexibility index (Phi) is 3.98. The minimum Gasteiger partial charge on any atom is -0.443 e. The van der Waals surface area contributed by atoms with Crippen LogP contribution in [0.5, 0.6) is 0 Å². The SMILES string of the molecule is C=CCC(CC)NC(=O)OC1C2COC3OC1CC3C2.